The average Bonchev–Trinajstić information content (AvgIpc) is 3.49. The third-order valence-electron chi connectivity index (χ3n) is 9.86. The summed E-state index contributed by atoms with van der Waals surface area (Å²) >= 11 is 0. The fraction of sp³-hybridized carbons (Fsp3) is 0.800. The van der Waals surface area contributed by atoms with Gasteiger partial charge in [0.05, 0.1) is 0 Å². The van der Waals surface area contributed by atoms with Gasteiger partial charge >= 0.3 is 0 Å². The van der Waals surface area contributed by atoms with Gasteiger partial charge in [-0.25, -0.2) is 0 Å². The zero-order chi connectivity index (χ0) is 23.3. The van der Waals surface area contributed by atoms with Gasteiger partial charge in [-0.1, -0.05) is 53.0 Å². The first-order valence-electron chi connectivity index (χ1n) is 14.5. The SMILES string of the molecule is CC(C)(C)PC(c1ccccc1CP(C1CCCN1)C1CCCN1)C12CC3CC(CC(C3)C1)C2. The minimum absolute atomic E-state index is 0.0656. The average molecular weight is 499 g/mol. The zero-order valence-corrected chi connectivity index (χ0v) is 23.8. The van der Waals surface area contributed by atoms with Gasteiger partial charge in [0.15, 0.2) is 0 Å². The number of rotatable bonds is 7. The van der Waals surface area contributed by atoms with Crippen LogP contribution in [0.5, 0.6) is 0 Å². The molecule has 0 amide bonds. The maximum atomic E-state index is 3.94. The lowest BCUT2D eigenvalue weighted by Gasteiger charge is -2.60. The van der Waals surface area contributed by atoms with E-state index in [4.69, 9.17) is 0 Å². The van der Waals surface area contributed by atoms with Crippen molar-refractivity contribution in [1.29, 1.82) is 0 Å². The molecule has 4 aliphatic carbocycles. The number of hydrogen-bond acceptors (Lipinski definition) is 2. The smallest absolute Gasteiger partial charge is 0.0286 e. The molecule has 4 heteroatoms. The van der Waals surface area contributed by atoms with Gasteiger partial charge in [0.1, 0.15) is 0 Å². The van der Waals surface area contributed by atoms with Gasteiger partial charge in [-0.15, -0.1) is 8.58 Å². The molecule has 1 aromatic rings. The highest BCUT2D eigenvalue weighted by Crippen LogP contribution is 2.70. The molecule has 4 unspecified atom stereocenters. The molecular formula is C30H48N2P2. The Morgan fingerprint density at radius 1 is 0.912 bits per heavy atom. The molecule has 34 heavy (non-hydrogen) atoms. The van der Waals surface area contributed by atoms with Gasteiger partial charge in [0.25, 0.3) is 0 Å². The van der Waals surface area contributed by atoms with Crippen molar-refractivity contribution >= 4 is 16.5 Å². The van der Waals surface area contributed by atoms with Crippen LogP contribution in [0.3, 0.4) is 0 Å². The van der Waals surface area contributed by atoms with E-state index in [1.54, 1.807) is 30.4 Å². The first kappa shape index (κ1) is 24.3. The highest BCUT2D eigenvalue weighted by molar-refractivity contribution is 7.58. The van der Waals surface area contributed by atoms with E-state index in [9.17, 15) is 0 Å². The molecule has 0 spiro atoms. The predicted octanol–water partition coefficient (Wildman–Crippen LogP) is 7.82. The Morgan fingerprint density at radius 2 is 1.47 bits per heavy atom. The molecule has 4 atom stereocenters. The third kappa shape index (κ3) is 4.93. The Labute approximate surface area is 212 Å². The van der Waals surface area contributed by atoms with Gasteiger partial charge in [-0.05, 0) is 123 Å². The Balaban J connectivity index is 1.35. The van der Waals surface area contributed by atoms with Crippen molar-refractivity contribution in [3.05, 3.63) is 35.4 Å². The summed E-state index contributed by atoms with van der Waals surface area (Å²) in [7, 11) is 0.971. The van der Waals surface area contributed by atoms with E-state index in [0.29, 0.717) is 10.6 Å². The van der Waals surface area contributed by atoms with Gasteiger partial charge in [-0.3, -0.25) is 0 Å². The van der Waals surface area contributed by atoms with E-state index < -0.39 is 0 Å². The summed E-state index contributed by atoms with van der Waals surface area (Å²) in [6.45, 7) is 10.0. The molecule has 6 fully saturated rings. The molecule has 188 valence electrons. The topological polar surface area (TPSA) is 24.1 Å². The predicted molar refractivity (Wildman–Crippen MR) is 151 cm³/mol. The molecule has 2 saturated heterocycles. The Morgan fingerprint density at radius 3 is 1.97 bits per heavy atom. The van der Waals surface area contributed by atoms with Gasteiger partial charge < -0.3 is 10.6 Å². The van der Waals surface area contributed by atoms with Crippen molar-refractivity contribution in [2.24, 2.45) is 23.2 Å². The summed E-state index contributed by atoms with van der Waals surface area (Å²) in [5, 5.41) is 8.29. The highest BCUT2D eigenvalue weighted by Gasteiger charge is 2.55. The normalized spacial score (nSPS) is 39.3. The van der Waals surface area contributed by atoms with Crippen LogP contribution in [0.1, 0.15) is 102 Å². The first-order chi connectivity index (χ1) is 16.4. The molecule has 0 radical (unpaired) electrons. The van der Waals surface area contributed by atoms with Crippen molar-refractivity contribution in [2.45, 2.75) is 114 Å². The molecule has 1 aromatic carbocycles. The minimum atomic E-state index is -0.0656. The summed E-state index contributed by atoms with van der Waals surface area (Å²) in [6.07, 6.45) is 16.1. The van der Waals surface area contributed by atoms with Gasteiger partial charge in [0.2, 0.25) is 0 Å². The Bertz CT molecular complexity index is 798. The van der Waals surface area contributed by atoms with Crippen molar-refractivity contribution < 1.29 is 0 Å². The number of hydrogen-bond donors (Lipinski definition) is 2. The summed E-state index contributed by atoms with van der Waals surface area (Å²) < 4.78 is 0. The molecular weight excluding hydrogens is 450 g/mol. The van der Waals surface area contributed by atoms with Crippen molar-refractivity contribution in [3.8, 4) is 0 Å². The molecule has 2 nitrogen and oxygen atoms in total. The van der Waals surface area contributed by atoms with E-state index in [0.717, 1.165) is 43.6 Å². The van der Waals surface area contributed by atoms with Crippen LogP contribution in [0.25, 0.3) is 0 Å². The van der Waals surface area contributed by atoms with Crippen LogP contribution in [0.2, 0.25) is 0 Å². The maximum absolute atomic E-state index is 3.94. The molecule has 4 saturated carbocycles. The van der Waals surface area contributed by atoms with Crippen LogP contribution in [0.4, 0.5) is 0 Å². The second kappa shape index (κ2) is 9.71. The third-order valence-corrected chi connectivity index (χ3v) is 15.1. The molecule has 2 N–H and O–H groups in total. The molecule has 2 heterocycles. The lowest BCUT2D eigenvalue weighted by molar-refractivity contribution is -0.0548. The first-order valence-corrected chi connectivity index (χ1v) is 17.2. The lowest BCUT2D eigenvalue weighted by Crippen LogP contribution is -2.48. The van der Waals surface area contributed by atoms with Gasteiger partial charge in [-0.2, -0.15) is 0 Å². The largest absolute Gasteiger partial charge is 0.310 e. The highest BCUT2D eigenvalue weighted by atomic mass is 31.1. The summed E-state index contributed by atoms with van der Waals surface area (Å²) in [6, 6.07) is 9.88. The maximum Gasteiger partial charge on any atom is 0.0286 e. The summed E-state index contributed by atoms with van der Waals surface area (Å²) in [4.78, 5) is 0. The summed E-state index contributed by atoms with van der Waals surface area (Å²) in [5.41, 5.74) is 4.88. The Kier molecular flexibility index (Phi) is 6.95. The van der Waals surface area contributed by atoms with Crippen LogP contribution in [0, 0.1) is 23.2 Å². The van der Waals surface area contributed by atoms with Crippen LogP contribution in [0.15, 0.2) is 24.3 Å². The summed E-state index contributed by atoms with van der Waals surface area (Å²) in [5.74, 6) is 4.64. The number of benzene rings is 1. The van der Waals surface area contributed by atoms with Crippen LogP contribution in [-0.2, 0) is 6.16 Å². The van der Waals surface area contributed by atoms with Crippen molar-refractivity contribution in [2.75, 3.05) is 13.1 Å². The molecule has 6 aliphatic rings. The van der Waals surface area contributed by atoms with Crippen LogP contribution in [-0.4, -0.2) is 29.8 Å². The van der Waals surface area contributed by atoms with Crippen molar-refractivity contribution in [1.82, 2.24) is 10.6 Å². The monoisotopic (exact) mass is 498 g/mol. The van der Waals surface area contributed by atoms with E-state index in [2.05, 4.69) is 55.7 Å². The second-order valence-electron chi connectivity index (χ2n) is 13.7. The van der Waals surface area contributed by atoms with Crippen LogP contribution >= 0.6 is 16.5 Å². The molecule has 4 bridgehead atoms. The fourth-order valence-electron chi connectivity index (χ4n) is 9.02. The molecule has 2 aliphatic heterocycles. The van der Waals surface area contributed by atoms with Crippen LogP contribution < -0.4 is 10.6 Å². The van der Waals surface area contributed by atoms with Crippen molar-refractivity contribution in [3.63, 3.8) is 0 Å². The quantitative estimate of drug-likeness (QED) is 0.375. The molecule has 7 rings (SSSR count). The van der Waals surface area contributed by atoms with E-state index in [-0.39, 0.29) is 7.92 Å². The van der Waals surface area contributed by atoms with Gasteiger partial charge in [0, 0.05) is 17.2 Å². The second-order valence-corrected chi connectivity index (χ2v) is 18.7. The zero-order valence-electron chi connectivity index (χ0n) is 21.9. The standard InChI is InChI=1S/C30H48N2P2/c1-29(2,3)33-28(30-17-21-14-22(18-30)16-23(15-21)19-30)25-9-5-4-8-24(25)20-34(26-10-6-12-31-26)27-11-7-13-32-27/h4-5,8-9,21-23,26-28,31-33H,6-7,10-20H2,1-3H3. The van der Waals surface area contributed by atoms with E-state index in [1.807, 2.05) is 0 Å². The fourth-order valence-corrected chi connectivity index (χ4v) is 14.3. The molecule has 0 aromatic heterocycles. The Hall–Kier alpha value is -0.0000000000000000416. The van der Waals surface area contributed by atoms with E-state index in [1.165, 1.54) is 64.2 Å². The lowest BCUT2D eigenvalue weighted by atomic mass is 9.48. The number of nitrogens with one attached hydrogen (secondary N) is 2. The van der Waals surface area contributed by atoms with E-state index >= 15 is 0 Å². The minimum Gasteiger partial charge on any atom is -0.310 e.